The van der Waals surface area contributed by atoms with Crippen LogP contribution in [0.1, 0.15) is 47.4 Å². The van der Waals surface area contributed by atoms with Gasteiger partial charge in [-0.3, -0.25) is 9.69 Å². The van der Waals surface area contributed by atoms with Crippen LogP contribution in [0.4, 0.5) is 4.39 Å². The second-order valence-electron chi connectivity index (χ2n) is 9.77. The van der Waals surface area contributed by atoms with Crippen LogP contribution in [0.15, 0.2) is 95.6 Å². The molecule has 1 aliphatic rings. The van der Waals surface area contributed by atoms with E-state index in [1.165, 1.54) is 11.6 Å². The average Bonchev–Trinajstić information content (AvgIpc) is 3.46. The van der Waals surface area contributed by atoms with E-state index in [-0.39, 0.29) is 17.8 Å². The van der Waals surface area contributed by atoms with Crippen molar-refractivity contribution >= 4 is 5.91 Å². The lowest BCUT2D eigenvalue weighted by Gasteiger charge is -2.38. The van der Waals surface area contributed by atoms with E-state index >= 15 is 0 Å². The van der Waals surface area contributed by atoms with Gasteiger partial charge in [0.05, 0.1) is 18.8 Å². The van der Waals surface area contributed by atoms with Crippen molar-refractivity contribution < 1.29 is 18.3 Å². The second kappa shape index (κ2) is 11.7. The Morgan fingerprint density at radius 3 is 2.61 bits per heavy atom. The molecule has 0 N–H and O–H groups in total. The summed E-state index contributed by atoms with van der Waals surface area (Å²) in [5, 5.41) is 0. The zero-order chi connectivity index (χ0) is 26.5. The summed E-state index contributed by atoms with van der Waals surface area (Å²) in [7, 11) is 1.76. The van der Waals surface area contributed by atoms with Crippen LogP contribution in [-0.4, -0.2) is 35.4 Å². The van der Waals surface area contributed by atoms with E-state index in [0.29, 0.717) is 30.8 Å². The summed E-state index contributed by atoms with van der Waals surface area (Å²) >= 11 is 0. The quantitative estimate of drug-likeness (QED) is 0.261. The molecule has 196 valence electrons. The minimum atomic E-state index is -0.610. The number of carbonyl (C=O) groups excluding carboxylic acids is 1. The summed E-state index contributed by atoms with van der Waals surface area (Å²) in [6, 6.07) is 27.0. The van der Waals surface area contributed by atoms with Crippen LogP contribution in [0.25, 0.3) is 0 Å². The highest BCUT2D eigenvalue weighted by Gasteiger charge is 2.30. The van der Waals surface area contributed by atoms with Crippen LogP contribution in [0.2, 0.25) is 0 Å². The number of carbonyl (C=O) groups is 1. The Kier molecular flexibility index (Phi) is 7.89. The van der Waals surface area contributed by atoms with Crippen LogP contribution >= 0.6 is 0 Å². The number of ether oxygens (including phenoxy) is 1. The van der Waals surface area contributed by atoms with Gasteiger partial charge in [0.2, 0.25) is 0 Å². The third-order valence-corrected chi connectivity index (χ3v) is 7.17. The lowest BCUT2D eigenvalue weighted by molar-refractivity contribution is -0.138. The van der Waals surface area contributed by atoms with E-state index in [1.54, 1.807) is 24.3 Å². The smallest absolute Gasteiger partial charge is 0.263 e. The number of likely N-dealkylation sites (N-methyl/N-ethyl adjacent to an activating group) is 1. The largest absolute Gasteiger partial charge is 0.481 e. The topological polar surface area (TPSA) is 45.9 Å². The van der Waals surface area contributed by atoms with Crippen LogP contribution in [0, 0.1) is 5.82 Å². The standard InChI is InChI=1S/C32H33FN2O3/c1-3-30(32(36)34(2)22-27-13-9-19-37-27)38-26-16-15-23-17-18-35(21-25-12-7-8-14-29(25)33)31(28(23)20-26)24-10-5-4-6-11-24/h4-16,19-20,30-31H,3,17-18,21-22H2,1-2H3/t30-,31-/m1/s1. The maximum absolute atomic E-state index is 14.6. The first-order chi connectivity index (χ1) is 18.5. The molecule has 0 spiro atoms. The highest BCUT2D eigenvalue weighted by atomic mass is 19.1. The van der Waals surface area contributed by atoms with Gasteiger partial charge in [0, 0.05) is 25.7 Å². The highest BCUT2D eigenvalue weighted by Crippen LogP contribution is 2.38. The number of rotatable bonds is 9. The van der Waals surface area contributed by atoms with Gasteiger partial charge in [-0.05, 0) is 59.9 Å². The maximum atomic E-state index is 14.6. The number of fused-ring (bicyclic) bond motifs is 1. The number of benzene rings is 3. The van der Waals surface area contributed by atoms with Gasteiger partial charge < -0.3 is 14.1 Å². The van der Waals surface area contributed by atoms with Gasteiger partial charge in [-0.1, -0.05) is 61.5 Å². The molecular weight excluding hydrogens is 479 g/mol. The molecule has 4 aromatic rings. The molecule has 0 aliphatic carbocycles. The van der Waals surface area contributed by atoms with Crippen molar-refractivity contribution in [3.8, 4) is 5.75 Å². The third-order valence-electron chi connectivity index (χ3n) is 7.17. The van der Waals surface area contributed by atoms with Crippen molar-refractivity contribution in [3.05, 3.63) is 125 Å². The molecule has 6 heteroatoms. The Morgan fingerprint density at radius 2 is 1.87 bits per heavy atom. The minimum absolute atomic E-state index is 0.0551. The molecule has 3 aromatic carbocycles. The van der Waals surface area contributed by atoms with E-state index < -0.39 is 6.10 Å². The molecule has 5 nitrogen and oxygen atoms in total. The Bertz CT molecular complexity index is 1360. The molecule has 0 radical (unpaired) electrons. The second-order valence-corrected chi connectivity index (χ2v) is 9.77. The number of hydrogen-bond acceptors (Lipinski definition) is 4. The molecule has 2 heterocycles. The molecule has 0 bridgehead atoms. The number of nitrogens with zero attached hydrogens (tertiary/aromatic N) is 2. The zero-order valence-corrected chi connectivity index (χ0v) is 21.8. The predicted octanol–water partition coefficient (Wildman–Crippen LogP) is 6.38. The van der Waals surface area contributed by atoms with Crippen molar-refractivity contribution in [1.29, 1.82) is 0 Å². The summed E-state index contributed by atoms with van der Waals surface area (Å²) in [4.78, 5) is 17.1. The zero-order valence-electron chi connectivity index (χ0n) is 21.8. The van der Waals surface area contributed by atoms with Crippen molar-refractivity contribution in [1.82, 2.24) is 9.80 Å². The summed E-state index contributed by atoms with van der Waals surface area (Å²) in [6.45, 7) is 3.65. The minimum Gasteiger partial charge on any atom is -0.481 e. The first-order valence-electron chi connectivity index (χ1n) is 13.1. The summed E-state index contributed by atoms with van der Waals surface area (Å²) in [6.07, 6.45) is 2.39. The first-order valence-corrected chi connectivity index (χ1v) is 13.1. The van der Waals surface area contributed by atoms with E-state index in [9.17, 15) is 9.18 Å². The van der Waals surface area contributed by atoms with Gasteiger partial charge in [-0.15, -0.1) is 0 Å². The van der Waals surface area contributed by atoms with Gasteiger partial charge in [0.25, 0.3) is 5.91 Å². The molecule has 5 rings (SSSR count). The van der Waals surface area contributed by atoms with Crippen molar-refractivity contribution in [3.63, 3.8) is 0 Å². The molecule has 38 heavy (non-hydrogen) atoms. The Balaban J connectivity index is 1.42. The molecule has 1 amide bonds. The molecule has 1 aliphatic heterocycles. The summed E-state index contributed by atoms with van der Waals surface area (Å²) in [5.41, 5.74) is 4.19. The van der Waals surface area contributed by atoms with Crippen molar-refractivity contribution in [2.45, 2.75) is 45.0 Å². The Morgan fingerprint density at radius 1 is 1.08 bits per heavy atom. The molecule has 1 aromatic heterocycles. The van der Waals surface area contributed by atoms with E-state index in [0.717, 1.165) is 29.9 Å². The number of furan rings is 1. The van der Waals surface area contributed by atoms with Crippen LogP contribution < -0.4 is 4.74 Å². The summed E-state index contributed by atoms with van der Waals surface area (Å²) in [5.74, 6) is 1.10. The third kappa shape index (κ3) is 5.65. The maximum Gasteiger partial charge on any atom is 0.263 e. The Labute approximate surface area is 223 Å². The Hall–Kier alpha value is -3.90. The van der Waals surface area contributed by atoms with E-state index in [4.69, 9.17) is 9.15 Å². The molecular formula is C32H33FN2O3. The summed E-state index contributed by atoms with van der Waals surface area (Å²) < 4.78 is 26.3. The molecule has 0 fully saturated rings. The van der Waals surface area contributed by atoms with Gasteiger partial charge >= 0.3 is 0 Å². The molecule has 0 unspecified atom stereocenters. The van der Waals surface area contributed by atoms with Gasteiger partial charge in [0.15, 0.2) is 6.10 Å². The fourth-order valence-corrected chi connectivity index (χ4v) is 5.19. The molecule has 2 atom stereocenters. The van der Waals surface area contributed by atoms with E-state index in [2.05, 4.69) is 29.2 Å². The number of hydrogen-bond donors (Lipinski definition) is 0. The predicted molar refractivity (Wildman–Crippen MR) is 145 cm³/mol. The SMILES string of the molecule is CC[C@@H](Oc1ccc2c(c1)[C@@H](c1ccccc1)N(Cc1ccccc1F)CC2)C(=O)N(C)Cc1ccco1. The normalized spacial score (nSPS) is 16.0. The average molecular weight is 513 g/mol. The van der Waals surface area contributed by atoms with Gasteiger partial charge in [-0.2, -0.15) is 0 Å². The van der Waals surface area contributed by atoms with Crippen molar-refractivity contribution in [2.24, 2.45) is 0 Å². The fraction of sp³-hybridized carbons (Fsp3) is 0.281. The van der Waals surface area contributed by atoms with Crippen LogP contribution in [-0.2, 0) is 24.3 Å². The van der Waals surface area contributed by atoms with Gasteiger partial charge in [0.1, 0.15) is 17.3 Å². The van der Waals surface area contributed by atoms with Crippen LogP contribution in [0.5, 0.6) is 5.75 Å². The monoisotopic (exact) mass is 512 g/mol. The first kappa shape index (κ1) is 25.7. The van der Waals surface area contributed by atoms with Gasteiger partial charge in [-0.25, -0.2) is 4.39 Å². The number of amides is 1. The van der Waals surface area contributed by atoms with E-state index in [1.807, 2.05) is 55.5 Å². The lowest BCUT2D eigenvalue weighted by Crippen LogP contribution is -2.39. The lowest BCUT2D eigenvalue weighted by atomic mass is 9.87. The number of halogens is 1. The fourth-order valence-electron chi connectivity index (χ4n) is 5.19. The highest BCUT2D eigenvalue weighted by molar-refractivity contribution is 5.81. The molecule has 0 saturated heterocycles. The van der Waals surface area contributed by atoms with Crippen LogP contribution in [0.3, 0.4) is 0 Å². The molecule has 0 saturated carbocycles. The van der Waals surface area contributed by atoms with Crippen molar-refractivity contribution in [2.75, 3.05) is 13.6 Å².